The van der Waals surface area contributed by atoms with Gasteiger partial charge in [0.25, 0.3) is 0 Å². The van der Waals surface area contributed by atoms with Gasteiger partial charge in [0, 0.05) is 32.5 Å². The van der Waals surface area contributed by atoms with Crippen molar-refractivity contribution in [1.29, 1.82) is 0 Å². The van der Waals surface area contributed by atoms with E-state index in [0.717, 1.165) is 43.0 Å². The van der Waals surface area contributed by atoms with E-state index in [9.17, 15) is 9.50 Å². The van der Waals surface area contributed by atoms with E-state index < -0.39 is 5.60 Å². The minimum atomic E-state index is -1.04. The Morgan fingerprint density at radius 3 is 2.29 bits per heavy atom. The molecule has 1 N–H and O–H groups in total. The maximum atomic E-state index is 14.7. The summed E-state index contributed by atoms with van der Waals surface area (Å²) in [5, 5.41) is 10.8. The first-order valence-corrected chi connectivity index (χ1v) is 13.9. The number of thioether (sulfide) groups is 1. The molecule has 5 nitrogen and oxygen atoms in total. The Morgan fingerprint density at radius 2 is 1.63 bits per heavy atom. The number of ether oxygens (including phenoxy) is 2. The Morgan fingerprint density at radius 1 is 0.947 bits per heavy atom. The molecule has 0 amide bonds. The fourth-order valence-electron chi connectivity index (χ4n) is 3.92. The normalized spacial score (nSPS) is 11.8. The average Bonchev–Trinajstić information content (AvgIpc) is 3.29. The molecule has 0 saturated carbocycles. The van der Waals surface area contributed by atoms with Crippen LogP contribution in [0.3, 0.4) is 0 Å². The second-order valence-electron chi connectivity index (χ2n) is 9.48. The van der Waals surface area contributed by atoms with Crippen LogP contribution in [0.2, 0.25) is 0 Å². The summed E-state index contributed by atoms with van der Waals surface area (Å²) >= 11 is 3.20. The van der Waals surface area contributed by atoms with Crippen LogP contribution >= 0.6 is 23.1 Å². The average molecular weight is 551 g/mol. The number of hydrogen-bond donors (Lipinski definition) is 1. The first-order valence-electron chi connectivity index (χ1n) is 12.1. The van der Waals surface area contributed by atoms with Gasteiger partial charge in [-0.05, 0) is 86.8 Å². The molecule has 0 saturated heterocycles. The number of benzene rings is 2. The molecule has 198 valence electrons. The quantitative estimate of drug-likeness (QED) is 0.170. The highest BCUT2D eigenvalue weighted by atomic mass is 32.2. The highest BCUT2D eigenvalue weighted by Gasteiger charge is 2.17. The van der Waals surface area contributed by atoms with Crippen molar-refractivity contribution in [1.82, 2.24) is 9.97 Å². The molecule has 0 radical (unpaired) electrons. The smallest absolute Gasteiger partial charge is 0.188 e. The fraction of sp³-hybridized carbons (Fsp3) is 0.267. The largest absolute Gasteiger partial charge is 0.493 e. The maximum absolute atomic E-state index is 14.7. The molecule has 2 aromatic carbocycles. The summed E-state index contributed by atoms with van der Waals surface area (Å²) in [6.45, 7) is 7.24. The molecule has 0 spiro atoms. The number of aliphatic hydroxyl groups is 1. The van der Waals surface area contributed by atoms with Crippen LogP contribution in [0.25, 0.3) is 27.0 Å². The van der Waals surface area contributed by atoms with Gasteiger partial charge in [0.15, 0.2) is 16.7 Å². The first kappa shape index (κ1) is 27.8. The number of halogens is 1. The zero-order valence-corrected chi connectivity index (χ0v) is 24.0. The molecule has 0 aliphatic heterocycles. The molecule has 4 aromatic rings. The Bertz CT molecular complexity index is 1450. The topological polar surface area (TPSA) is 64.5 Å². The van der Waals surface area contributed by atoms with Gasteiger partial charge in [0.1, 0.15) is 5.82 Å². The standard InChI is InChI=1S/C30H31FN2O3S2/c1-18-13-19(2)33-29(32-18)37-17-23-16-27(21-8-10-25(35-5)26(15-21)36-6)38-28(23)22-7-9-24(31)20(14-22)11-12-30(3,4)34/h7-16,34H,17H2,1-6H3. The second kappa shape index (κ2) is 11.7. The predicted molar refractivity (Wildman–Crippen MR) is 155 cm³/mol. The summed E-state index contributed by atoms with van der Waals surface area (Å²) in [6, 6.07) is 15.1. The van der Waals surface area contributed by atoms with Crippen LogP contribution < -0.4 is 9.47 Å². The molecule has 0 aliphatic carbocycles. The molecule has 0 fully saturated rings. The van der Waals surface area contributed by atoms with Crippen LogP contribution in [0.1, 0.15) is 36.4 Å². The number of rotatable bonds is 9. The van der Waals surface area contributed by atoms with Crippen molar-refractivity contribution in [3.63, 3.8) is 0 Å². The van der Waals surface area contributed by atoms with Crippen LogP contribution in [0, 0.1) is 19.7 Å². The Kier molecular flexibility index (Phi) is 8.55. The van der Waals surface area contributed by atoms with Crippen LogP contribution in [0.15, 0.2) is 59.8 Å². The van der Waals surface area contributed by atoms with Gasteiger partial charge in [0.2, 0.25) is 0 Å². The number of thiophene rings is 1. The van der Waals surface area contributed by atoms with Crippen LogP contribution in [-0.2, 0) is 5.75 Å². The Balaban J connectivity index is 1.78. The molecule has 38 heavy (non-hydrogen) atoms. The van der Waals surface area contributed by atoms with E-state index in [1.165, 1.54) is 6.07 Å². The van der Waals surface area contributed by atoms with Gasteiger partial charge < -0.3 is 14.6 Å². The van der Waals surface area contributed by atoms with Crippen molar-refractivity contribution < 1.29 is 19.0 Å². The van der Waals surface area contributed by atoms with E-state index in [1.807, 2.05) is 44.2 Å². The molecule has 0 atom stereocenters. The van der Waals surface area contributed by atoms with E-state index >= 15 is 0 Å². The van der Waals surface area contributed by atoms with Gasteiger partial charge in [-0.25, -0.2) is 14.4 Å². The number of aromatic nitrogens is 2. The van der Waals surface area contributed by atoms with E-state index in [2.05, 4.69) is 16.0 Å². The first-order chi connectivity index (χ1) is 18.1. The molecule has 4 rings (SSSR count). The molecule has 0 bridgehead atoms. The van der Waals surface area contributed by atoms with Crippen molar-refractivity contribution >= 4 is 29.2 Å². The number of nitrogens with zero attached hydrogens (tertiary/aromatic N) is 2. The molecule has 8 heteroatoms. The summed E-state index contributed by atoms with van der Waals surface area (Å²) in [7, 11) is 3.23. The van der Waals surface area contributed by atoms with Gasteiger partial charge in [-0.15, -0.1) is 11.3 Å². The van der Waals surface area contributed by atoms with Crippen molar-refractivity contribution in [3.05, 3.63) is 82.9 Å². The van der Waals surface area contributed by atoms with Gasteiger partial charge in [-0.2, -0.15) is 0 Å². The van der Waals surface area contributed by atoms with Crippen molar-refractivity contribution in [2.75, 3.05) is 14.2 Å². The van der Waals surface area contributed by atoms with E-state index in [-0.39, 0.29) is 5.82 Å². The van der Waals surface area contributed by atoms with Gasteiger partial charge in [-0.3, -0.25) is 0 Å². The third kappa shape index (κ3) is 6.81. The predicted octanol–water partition coefficient (Wildman–Crippen LogP) is 7.72. The fourth-order valence-corrected chi connectivity index (χ4v) is 6.11. The minimum Gasteiger partial charge on any atom is -0.493 e. The number of hydrogen-bond acceptors (Lipinski definition) is 7. The van der Waals surface area contributed by atoms with Crippen molar-refractivity contribution in [3.8, 4) is 32.4 Å². The summed E-state index contributed by atoms with van der Waals surface area (Å²) in [5.41, 5.74) is 4.22. The van der Waals surface area contributed by atoms with Gasteiger partial charge in [-0.1, -0.05) is 30.0 Å². The summed E-state index contributed by atoms with van der Waals surface area (Å²) in [5.74, 6) is 1.62. The number of aryl methyl sites for hydroxylation is 2. The third-order valence-electron chi connectivity index (χ3n) is 5.72. The lowest BCUT2D eigenvalue weighted by atomic mass is 10.0. The van der Waals surface area contributed by atoms with Crippen molar-refractivity contribution in [2.24, 2.45) is 0 Å². The SMILES string of the molecule is COc1ccc(-c2cc(CSc3nc(C)cc(C)n3)c(-c3ccc(F)c(C=CC(C)(C)O)c3)s2)cc1OC. The van der Waals surface area contributed by atoms with Crippen LogP contribution in [0.5, 0.6) is 11.5 Å². The van der Waals surface area contributed by atoms with Crippen LogP contribution in [-0.4, -0.2) is 34.9 Å². The zero-order chi connectivity index (χ0) is 27.4. The minimum absolute atomic E-state index is 0.342. The second-order valence-corrected chi connectivity index (χ2v) is 11.5. The summed E-state index contributed by atoms with van der Waals surface area (Å²) < 4.78 is 25.6. The third-order valence-corrected chi connectivity index (χ3v) is 7.90. The molecule has 0 unspecified atom stereocenters. The van der Waals surface area contributed by atoms with Gasteiger partial charge in [0.05, 0.1) is 19.8 Å². The molecular weight excluding hydrogens is 519 g/mol. The summed E-state index contributed by atoms with van der Waals surface area (Å²) in [6.07, 6.45) is 3.21. The van der Waals surface area contributed by atoms with Crippen LogP contribution in [0.4, 0.5) is 4.39 Å². The molecule has 0 aliphatic rings. The highest BCUT2D eigenvalue weighted by molar-refractivity contribution is 7.98. The highest BCUT2D eigenvalue weighted by Crippen LogP contribution is 2.43. The van der Waals surface area contributed by atoms with E-state index in [4.69, 9.17) is 9.47 Å². The monoisotopic (exact) mass is 550 g/mol. The molecule has 2 aromatic heterocycles. The lowest BCUT2D eigenvalue weighted by Crippen LogP contribution is -2.13. The lowest BCUT2D eigenvalue weighted by molar-refractivity contribution is 0.134. The Labute approximate surface area is 231 Å². The molecular formula is C30H31FN2O3S2. The zero-order valence-electron chi connectivity index (χ0n) is 22.3. The van der Waals surface area contributed by atoms with E-state index in [0.29, 0.717) is 22.8 Å². The van der Waals surface area contributed by atoms with Gasteiger partial charge >= 0.3 is 0 Å². The molecule has 2 heterocycles. The lowest BCUT2D eigenvalue weighted by Gasteiger charge is -2.11. The van der Waals surface area contributed by atoms with E-state index in [1.54, 1.807) is 69.4 Å². The number of methoxy groups -OCH3 is 2. The van der Waals surface area contributed by atoms with Crippen molar-refractivity contribution in [2.45, 2.75) is 44.2 Å². The Hall–Kier alpha value is -3.20. The maximum Gasteiger partial charge on any atom is 0.188 e. The summed E-state index contributed by atoms with van der Waals surface area (Å²) in [4.78, 5) is 11.2.